The molecular formula is C26H25N5OS. The van der Waals surface area contributed by atoms with E-state index in [0.717, 1.165) is 46.9 Å². The smallest absolute Gasteiger partial charge is 0.283 e. The van der Waals surface area contributed by atoms with Gasteiger partial charge in [0.1, 0.15) is 5.04 Å². The second-order valence-corrected chi connectivity index (χ2v) is 9.35. The zero-order valence-electron chi connectivity index (χ0n) is 18.9. The Hall–Kier alpha value is -3.45. The Morgan fingerprint density at radius 1 is 1.09 bits per heavy atom. The first-order valence-corrected chi connectivity index (χ1v) is 11.9. The molecule has 1 N–H and O–H groups in total. The molecule has 0 fully saturated rings. The SMILES string of the molecule is CCCCC1=NN2C(=N)C(=Cc3cc(C)n(-c4ccc5ccccc5c4)c3C)C(=O)N=C2S1. The highest BCUT2D eigenvalue weighted by atomic mass is 32.2. The largest absolute Gasteiger partial charge is 0.318 e. The molecule has 5 rings (SSSR count). The molecule has 0 saturated heterocycles. The number of aryl methyl sites for hydroxylation is 1. The normalized spacial score (nSPS) is 17.1. The minimum atomic E-state index is -0.388. The number of nitrogens with zero attached hydrogens (tertiary/aromatic N) is 4. The number of aromatic nitrogens is 1. The Balaban J connectivity index is 1.50. The molecule has 0 aliphatic carbocycles. The molecule has 2 aromatic carbocycles. The quantitative estimate of drug-likeness (QED) is 0.476. The van der Waals surface area contributed by atoms with Crippen molar-refractivity contribution in [3.63, 3.8) is 0 Å². The standard InChI is InChI=1S/C26H25N5OS/c1-4-5-10-23-29-31-24(27)22(25(32)28-26(31)33-23)15-20-13-16(2)30(17(20)3)21-12-11-18-8-6-7-9-19(18)14-21/h6-9,11-15,27H,4-5,10H2,1-3H3. The Morgan fingerprint density at radius 2 is 1.88 bits per heavy atom. The molecule has 0 saturated carbocycles. The molecule has 6 nitrogen and oxygen atoms in total. The van der Waals surface area contributed by atoms with Crippen LogP contribution in [0, 0.1) is 19.3 Å². The third kappa shape index (κ3) is 3.82. The van der Waals surface area contributed by atoms with Crippen molar-refractivity contribution in [3.05, 3.63) is 71.1 Å². The third-order valence-corrected chi connectivity index (χ3v) is 6.97. The second-order valence-electron chi connectivity index (χ2n) is 8.31. The van der Waals surface area contributed by atoms with Gasteiger partial charge in [0.05, 0.1) is 5.57 Å². The molecule has 0 unspecified atom stereocenters. The molecular weight excluding hydrogens is 430 g/mol. The van der Waals surface area contributed by atoms with Crippen LogP contribution in [0.15, 0.2) is 64.2 Å². The van der Waals surface area contributed by atoms with E-state index in [4.69, 9.17) is 5.41 Å². The van der Waals surface area contributed by atoms with Gasteiger partial charge in [0.25, 0.3) is 5.91 Å². The number of hydrogen-bond acceptors (Lipinski definition) is 4. The maximum atomic E-state index is 12.8. The van der Waals surface area contributed by atoms with Crippen molar-refractivity contribution in [3.8, 4) is 5.69 Å². The number of thioether (sulfide) groups is 1. The van der Waals surface area contributed by atoms with E-state index in [1.165, 1.54) is 27.5 Å². The van der Waals surface area contributed by atoms with Crippen molar-refractivity contribution in [1.29, 1.82) is 5.41 Å². The van der Waals surface area contributed by atoms with Crippen molar-refractivity contribution in [2.24, 2.45) is 10.1 Å². The van der Waals surface area contributed by atoms with Gasteiger partial charge in [0.15, 0.2) is 5.84 Å². The molecule has 0 bridgehead atoms. The van der Waals surface area contributed by atoms with Crippen LogP contribution in [-0.2, 0) is 4.79 Å². The molecule has 1 aromatic heterocycles. The van der Waals surface area contributed by atoms with E-state index in [1.807, 2.05) is 25.1 Å². The summed E-state index contributed by atoms with van der Waals surface area (Å²) in [6, 6.07) is 16.7. The Morgan fingerprint density at radius 3 is 2.67 bits per heavy atom. The van der Waals surface area contributed by atoms with Crippen molar-refractivity contribution >= 4 is 50.6 Å². The minimum absolute atomic E-state index is 0.0829. The van der Waals surface area contributed by atoms with Crippen LogP contribution in [0.1, 0.15) is 43.1 Å². The molecule has 166 valence electrons. The molecule has 33 heavy (non-hydrogen) atoms. The number of nitrogens with one attached hydrogen (secondary N) is 1. The zero-order valence-corrected chi connectivity index (χ0v) is 19.7. The number of hydrazone groups is 1. The highest BCUT2D eigenvalue weighted by Gasteiger charge is 2.35. The summed E-state index contributed by atoms with van der Waals surface area (Å²) < 4.78 is 2.18. The first kappa shape index (κ1) is 21.4. The summed E-state index contributed by atoms with van der Waals surface area (Å²) >= 11 is 1.39. The van der Waals surface area contributed by atoms with Gasteiger partial charge in [-0.2, -0.15) is 15.1 Å². The monoisotopic (exact) mass is 455 g/mol. The van der Waals surface area contributed by atoms with Crippen LogP contribution in [0.2, 0.25) is 0 Å². The van der Waals surface area contributed by atoms with Crippen molar-refractivity contribution in [2.45, 2.75) is 40.0 Å². The van der Waals surface area contributed by atoms with Gasteiger partial charge in [-0.3, -0.25) is 10.2 Å². The number of carbonyl (C=O) groups excluding carboxylic acids is 1. The van der Waals surface area contributed by atoms with Gasteiger partial charge in [0, 0.05) is 17.1 Å². The van der Waals surface area contributed by atoms with Crippen LogP contribution >= 0.6 is 11.8 Å². The van der Waals surface area contributed by atoms with Crippen LogP contribution < -0.4 is 0 Å². The first-order chi connectivity index (χ1) is 16.0. The van der Waals surface area contributed by atoms with Crippen molar-refractivity contribution in [2.75, 3.05) is 0 Å². The lowest BCUT2D eigenvalue weighted by molar-refractivity contribution is -0.114. The van der Waals surface area contributed by atoms with E-state index in [0.29, 0.717) is 5.17 Å². The van der Waals surface area contributed by atoms with Crippen LogP contribution in [0.5, 0.6) is 0 Å². The number of fused-ring (bicyclic) bond motifs is 2. The molecule has 3 aromatic rings. The summed E-state index contributed by atoms with van der Waals surface area (Å²) in [7, 11) is 0. The summed E-state index contributed by atoms with van der Waals surface area (Å²) in [5, 5.41) is 18.4. The molecule has 1 amide bonds. The van der Waals surface area contributed by atoms with Gasteiger partial charge in [-0.15, -0.1) is 0 Å². The van der Waals surface area contributed by atoms with Crippen LogP contribution in [0.3, 0.4) is 0 Å². The lowest BCUT2D eigenvalue weighted by Gasteiger charge is -2.20. The van der Waals surface area contributed by atoms with Gasteiger partial charge < -0.3 is 4.57 Å². The van der Waals surface area contributed by atoms with Gasteiger partial charge in [-0.1, -0.05) is 43.7 Å². The molecule has 7 heteroatoms. The van der Waals surface area contributed by atoms with Gasteiger partial charge in [-0.05, 0) is 79.1 Å². The van der Waals surface area contributed by atoms with Crippen LogP contribution in [-0.4, -0.2) is 31.5 Å². The van der Waals surface area contributed by atoms with Crippen molar-refractivity contribution in [1.82, 2.24) is 9.58 Å². The minimum Gasteiger partial charge on any atom is -0.318 e. The Bertz CT molecular complexity index is 1390. The number of carbonyl (C=O) groups is 1. The van der Waals surface area contributed by atoms with Crippen molar-refractivity contribution < 1.29 is 4.79 Å². The Labute approximate surface area is 197 Å². The number of benzene rings is 2. The summed E-state index contributed by atoms with van der Waals surface area (Å²) in [5.74, 6) is -0.305. The number of aliphatic imine (C=N–C) groups is 1. The zero-order chi connectivity index (χ0) is 23.1. The van der Waals surface area contributed by atoms with E-state index in [-0.39, 0.29) is 17.3 Å². The molecule has 2 aliphatic rings. The maximum absolute atomic E-state index is 12.8. The summed E-state index contributed by atoms with van der Waals surface area (Å²) in [5.41, 5.74) is 4.30. The second kappa shape index (κ2) is 8.48. The van der Waals surface area contributed by atoms with E-state index in [9.17, 15) is 4.79 Å². The Kier molecular flexibility index (Phi) is 5.50. The molecule has 0 radical (unpaired) electrons. The fourth-order valence-electron chi connectivity index (χ4n) is 4.26. The van der Waals surface area contributed by atoms with Gasteiger partial charge in [0.2, 0.25) is 5.17 Å². The highest BCUT2D eigenvalue weighted by molar-refractivity contribution is 8.26. The molecule has 0 atom stereocenters. The number of amidine groups is 2. The number of amides is 1. The average molecular weight is 456 g/mol. The average Bonchev–Trinajstić information content (AvgIpc) is 3.34. The highest BCUT2D eigenvalue weighted by Crippen LogP contribution is 2.31. The van der Waals surface area contributed by atoms with Crippen LogP contribution in [0.25, 0.3) is 22.5 Å². The fourth-order valence-corrected chi connectivity index (χ4v) is 5.19. The lowest BCUT2D eigenvalue weighted by atomic mass is 10.1. The topological polar surface area (TPSA) is 73.8 Å². The number of rotatable bonds is 5. The molecule has 3 heterocycles. The number of hydrogen-bond donors (Lipinski definition) is 1. The van der Waals surface area contributed by atoms with Gasteiger partial charge >= 0.3 is 0 Å². The lowest BCUT2D eigenvalue weighted by Crippen LogP contribution is -2.35. The summed E-state index contributed by atoms with van der Waals surface area (Å²) in [6.07, 6.45) is 4.71. The first-order valence-electron chi connectivity index (χ1n) is 11.1. The van der Waals surface area contributed by atoms with E-state index in [1.54, 1.807) is 6.08 Å². The number of unbranched alkanes of at least 4 members (excludes halogenated alkanes) is 1. The predicted octanol–water partition coefficient (Wildman–Crippen LogP) is 6.06. The summed E-state index contributed by atoms with van der Waals surface area (Å²) in [6.45, 7) is 6.22. The van der Waals surface area contributed by atoms with E-state index < -0.39 is 0 Å². The predicted molar refractivity (Wildman–Crippen MR) is 137 cm³/mol. The molecule has 0 spiro atoms. The van der Waals surface area contributed by atoms with E-state index >= 15 is 0 Å². The van der Waals surface area contributed by atoms with Gasteiger partial charge in [-0.25, -0.2) is 0 Å². The maximum Gasteiger partial charge on any atom is 0.283 e. The third-order valence-electron chi connectivity index (χ3n) is 6.00. The van der Waals surface area contributed by atoms with Crippen LogP contribution in [0.4, 0.5) is 0 Å². The fraction of sp³-hybridized carbons (Fsp3) is 0.231. The molecule has 2 aliphatic heterocycles. The van der Waals surface area contributed by atoms with E-state index in [2.05, 4.69) is 58.8 Å². The summed E-state index contributed by atoms with van der Waals surface area (Å²) in [4.78, 5) is 17.0.